The lowest BCUT2D eigenvalue weighted by atomic mass is 9.87. The van der Waals surface area contributed by atoms with Gasteiger partial charge in [0.2, 0.25) is 0 Å². The van der Waals surface area contributed by atoms with E-state index in [-0.39, 0.29) is 6.04 Å². The first-order valence-corrected chi connectivity index (χ1v) is 8.52. The van der Waals surface area contributed by atoms with Crippen LogP contribution in [0.15, 0.2) is 47.0 Å². The SMILES string of the molecule is NC1CCCc2cc(-c3nc(Cc4cccc(Cl)c4)no3)ccc21. The molecule has 1 heterocycles. The topological polar surface area (TPSA) is 64.9 Å². The molecule has 1 aliphatic carbocycles. The lowest BCUT2D eigenvalue weighted by molar-refractivity contribution is 0.424. The van der Waals surface area contributed by atoms with Crippen LogP contribution in [0.2, 0.25) is 5.02 Å². The van der Waals surface area contributed by atoms with Crippen LogP contribution < -0.4 is 5.73 Å². The molecule has 2 aromatic carbocycles. The van der Waals surface area contributed by atoms with E-state index in [0.29, 0.717) is 23.2 Å². The minimum atomic E-state index is 0.142. The number of nitrogens with two attached hydrogens (primary N) is 1. The molecule has 3 aromatic rings. The molecule has 1 aliphatic rings. The summed E-state index contributed by atoms with van der Waals surface area (Å²) in [7, 11) is 0. The van der Waals surface area contributed by atoms with Crippen molar-refractivity contribution >= 4 is 11.6 Å². The van der Waals surface area contributed by atoms with Crippen LogP contribution in [0.25, 0.3) is 11.5 Å². The Bertz CT molecular complexity index is 875. The molecule has 0 aliphatic heterocycles. The Balaban J connectivity index is 1.59. The van der Waals surface area contributed by atoms with Crippen molar-refractivity contribution in [2.24, 2.45) is 5.73 Å². The van der Waals surface area contributed by atoms with Crippen LogP contribution in [0.4, 0.5) is 0 Å². The number of fused-ring (bicyclic) bond motifs is 1. The van der Waals surface area contributed by atoms with Crippen molar-refractivity contribution in [1.82, 2.24) is 10.1 Å². The summed E-state index contributed by atoms with van der Waals surface area (Å²) in [6, 6.07) is 14.1. The van der Waals surface area contributed by atoms with Crippen molar-refractivity contribution in [1.29, 1.82) is 0 Å². The largest absolute Gasteiger partial charge is 0.334 e. The van der Waals surface area contributed by atoms with Gasteiger partial charge in [-0.2, -0.15) is 4.98 Å². The van der Waals surface area contributed by atoms with Crippen molar-refractivity contribution in [3.8, 4) is 11.5 Å². The third-order valence-corrected chi connectivity index (χ3v) is 4.71. The molecule has 2 N–H and O–H groups in total. The Hall–Kier alpha value is -2.17. The monoisotopic (exact) mass is 339 g/mol. The third kappa shape index (κ3) is 3.07. The number of hydrogen-bond acceptors (Lipinski definition) is 4. The average Bonchev–Trinajstić information content (AvgIpc) is 3.03. The minimum Gasteiger partial charge on any atom is -0.334 e. The molecule has 24 heavy (non-hydrogen) atoms. The number of rotatable bonds is 3. The summed E-state index contributed by atoms with van der Waals surface area (Å²) in [5.41, 5.74) is 10.7. The lowest BCUT2D eigenvalue weighted by Gasteiger charge is -2.22. The van der Waals surface area contributed by atoms with Crippen molar-refractivity contribution in [2.75, 3.05) is 0 Å². The number of nitrogens with zero attached hydrogens (tertiary/aromatic N) is 2. The second-order valence-electron chi connectivity index (χ2n) is 6.23. The highest BCUT2D eigenvalue weighted by Gasteiger charge is 2.18. The van der Waals surface area contributed by atoms with Crippen LogP contribution in [0.3, 0.4) is 0 Å². The molecular formula is C19H18ClN3O. The van der Waals surface area contributed by atoms with Gasteiger partial charge in [-0.05, 0) is 60.2 Å². The summed E-state index contributed by atoms with van der Waals surface area (Å²) < 4.78 is 5.45. The van der Waals surface area contributed by atoms with Gasteiger partial charge in [0.05, 0.1) is 0 Å². The van der Waals surface area contributed by atoms with E-state index in [1.54, 1.807) is 0 Å². The number of benzene rings is 2. The molecule has 0 bridgehead atoms. The summed E-state index contributed by atoms with van der Waals surface area (Å²) in [4.78, 5) is 4.52. The van der Waals surface area contributed by atoms with E-state index >= 15 is 0 Å². The molecule has 0 saturated carbocycles. The molecule has 0 radical (unpaired) electrons. The Labute approximate surface area is 145 Å². The summed E-state index contributed by atoms with van der Waals surface area (Å²) in [6.07, 6.45) is 3.83. The molecule has 1 unspecified atom stereocenters. The summed E-state index contributed by atoms with van der Waals surface area (Å²) >= 11 is 6.02. The maximum absolute atomic E-state index is 6.18. The fourth-order valence-corrected chi connectivity index (χ4v) is 3.47. The van der Waals surface area contributed by atoms with Gasteiger partial charge in [-0.3, -0.25) is 0 Å². The summed E-state index contributed by atoms with van der Waals surface area (Å²) in [5, 5.41) is 4.80. The predicted molar refractivity (Wildman–Crippen MR) is 93.9 cm³/mol. The Kier molecular flexibility index (Phi) is 4.08. The van der Waals surface area contributed by atoms with Gasteiger partial charge in [0.25, 0.3) is 5.89 Å². The zero-order valence-electron chi connectivity index (χ0n) is 13.2. The first-order valence-electron chi connectivity index (χ1n) is 8.15. The Morgan fingerprint density at radius 2 is 2.12 bits per heavy atom. The van der Waals surface area contributed by atoms with Crippen LogP contribution in [-0.2, 0) is 12.8 Å². The Morgan fingerprint density at radius 1 is 1.21 bits per heavy atom. The highest BCUT2D eigenvalue weighted by atomic mass is 35.5. The van der Waals surface area contributed by atoms with Gasteiger partial charge in [-0.15, -0.1) is 0 Å². The van der Waals surface area contributed by atoms with Gasteiger partial charge < -0.3 is 10.3 Å². The van der Waals surface area contributed by atoms with Gasteiger partial charge in [0.1, 0.15) is 0 Å². The van der Waals surface area contributed by atoms with Crippen LogP contribution in [0, 0.1) is 0 Å². The van der Waals surface area contributed by atoms with Crippen molar-refractivity contribution in [2.45, 2.75) is 31.7 Å². The summed E-state index contributed by atoms with van der Waals surface area (Å²) in [5.74, 6) is 1.20. The first kappa shape index (κ1) is 15.4. The van der Waals surface area contributed by atoms with Gasteiger partial charge >= 0.3 is 0 Å². The van der Waals surface area contributed by atoms with Crippen molar-refractivity contribution in [3.63, 3.8) is 0 Å². The number of aromatic nitrogens is 2. The fourth-order valence-electron chi connectivity index (χ4n) is 3.26. The number of aryl methyl sites for hydroxylation is 1. The van der Waals surface area contributed by atoms with E-state index in [1.165, 1.54) is 11.1 Å². The van der Waals surface area contributed by atoms with Crippen LogP contribution in [0.1, 0.15) is 41.4 Å². The molecule has 0 fully saturated rings. The van der Waals surface area contributed by atoms with E-state index in [4.69, 9.17) is 21.9 Å². The van der Waals surface area contributed by atoms with Gasteiger partial charge in [0, 0.05) is 23.0 Å². The maximum atomic E-state index is 6.18. The second kappa shape index (κ2) is 6.38. The molecule has 4 rings (SSSR count). The molecule has 1 aromatic heterocycles. The van der Waals surface area contributed by atoms with Gasteiger partial charge in [-0.25, -0.2) is 0 Å². The quantitative estimate of drug-likeness (QED) is 0.772. The smallest absolute Gasteiger partial charge is 0.257 e. The van der Waals surface area contributed by atoms with Crippen molar-refractivity contribution < 1.29 is 4.52 Å². The third-order valence-electron chi connectivity index (χ3n) is 4.47. The average molecular weight is 340 g/mol. The number of hydrogen-bond donors (Lipinski definition) is 1. The zero-order valence-corrected chi connectivity index (χ0v) is 14.0. The second-order valence-corrected chi connectivity index (χ2v) is 6.67. The molecule has 0 saturated heterocycles. The molecule has 0 amide bonds. The van der Waals surface area contributed by atoms with Gasteiger partial charge in [0.15, 0.2) is 5.82 Å². The number of halogens is 1. The van der Waals surface area contributed by atoms with E-state index in [0.717, 1.165) is 30.4 Å². The van der Waals surface area contributed by atoms with Crippen LogP contribution >= 0.6 is 11.6 Å². The normalized spacial score (nSPS) is 16.8. The molecule has 0 spiro atoms. The fraction of sp³-hybridized carbons (Fsp3) is 0.263. The van der Waals surface area contributed by atoms with E-state index < -0.39 is 0 Å². The van der Waals surface area contributed by atoms with Crippen molar-refractivity contribution in [3.05, 3.63) is 70.0 Å². The first-order chi connectivity index (χ1) is 11.7. The molecule has 4 nitrogen and oxygen atoms in total. The zero-order chi connectivity index (χ0) is 16.5. The molecule has 122 valence electrons. The highest BCUT2D eigenvalue weighted by molar-refractivity contribution is 6.30. The lowest BCUT2D eigenvalue weighted by Crippen LogP contribution is -2.17. The van der Waals surface area contributed by atoms with E-state index in [1.807, 2.05) is 30.3 Å². The van der Waals surface area contributed by atoms with E-state index in [9.17, 15) is 0 Å². The molecule has 5 heteroatoms. The van der Waals surface area contributed by atoms with Crippen LogP contribution in [0.5, 0.6) is 0 Å². The standard InChI is InChI=1S/C19H18ClN3O/c20-15-5-1-3-12(9-15)10-18-22-19(24-23-18)14-7-8-16-13(11-14)4-2-6-17(16)21/h1,3,5,7-9,11,17H,2,4,6,10,21H2. The predicted octanol–water partition coefficient (Wildman–Crippen LogP) is 4.32. The Morgan fingerprint density at radius 3 is 3.00 bits per heavy atom. The van der Waals surface area contributed by atoms with E-state index in [2.05, 4.69) is 22.3 Å². The van der Waals surface area contributed by atoms with Crippen LogP contribution in [-0.4, -0.2) is 10.1 Å². The minimum absolute atomic E-state index is 0.142. The highest BCUT2D eigenvalue weighted by Crippen LogP contribution is 2.31. The molecular weight excluding hydrogens is 322 g/mol. The maximum Gasteiger partial charge on any atom is 0.257 e. The molecule has 1 atom stereocenters. The summed E-state index contributed by atoms with van der Waals surface area (Å²) in [6.45, 7) is 0. The van der Waals surface area contributed by atoms with Gasteiger partial charge in [-0.1, -0.05) is 35.0 Å².